The predicted octanol–water partition coefficient (Wildman–Crippen LogP) is 1.43. The van der Waals surface area contributed by atoms with Crippen LogP contribution in [-0.4, -0.2) is 46.5 Å². The van der Waals surface area contributed by atoms with Crippen molar-refractivity contribution in [2.24, 2.45) is 0 Å². The minimum atomic E-state index is -3.05. The largest absolute Gasteiger partial charge is 0.371 e. The van der Waals surface area contributed by atoms with E-state index in [0.717, 1.165) is 6.26 Å². The summed E-state index contributed by atoms with van der Waals surface area (Å²) in [4.78, 5) is 15.8. The third-order valence-electron chi connectivity index (χ3n) is 3.51. The van der Waals surface area contributed by atoms with Crippen molar-refractivity contribution in [2.75, 3.05) is 41.9 Å². The molecule has 2 rings (SSSR count). The number of likely N-dealkylation sites (N-methyl/N-ethyl adjacent to an activating group) is 1. The van der Waals surface area contributed by atoms with Crippen molar-refractivity contribution in [3.63, 3.8) is 0 Å². The quantitative estimate of drug-likeness (QED) is 0.844. The minimum absolute atomic E-state index is 0.00274. The average Bonchev–Trinajstić information content (AvgIpc) is 2.38. The Hall–Kier alpha value is -1.63. The summed E-state index contributed by atoms with van der Waals surface area (Å²) in [6.07, 6.45) is 1.64. The Morgan fingerprint density at radius 3 is 2.67 bits per heavy atom. The number of carbonyl (C=O) groups is 1. The van der Waals surface area contributed by atoms with Gasteiger partial charge in [0.15, 0.2) is 0 Å². The van der Waals surface area contributed by atoms with Crippen LogP contribution < -0.4 is 9.80 Å². The number of benzene rings is 1. The average molecular weight is 314 g/mol. The van der Waals surface area contributed by atoms with E-state index >= 15 is 0 Å². The fourth-order valence-electron chi connectivity index (χ4n) is 2.40. The molecule has 1 aliphatic rings. The highest BCUT2D eigenvalue weighted by molar-refractivity contribution is 7.90. The van der Waals surface area contributed by atoms with Crippen LogP contribution in [0.15, 0.2) is 18.2 Å². The minimum Gasteiger partial charge on any atom is -0.371 e. The molecule has 1 aromatic rings. The highest BCUT2D eigenvalue weighted by Crippen LogP contribution is 2.33. The first-order chi connectivity index (χ1) is 9.78. The number of amides is 1. The summed E-state index contributed by atoms with van der Waals surface area (Å²) in [5, 5.41) is 0. The van der Waals surface area contributed by atoms with Gasteiger partial charge in [-0.15, -0.1) is 0 Å². The lowest BCUT2D eigenvalue weighted by Crippen LogP contribution is -2.42. The van der Waals surface area contributed by atoms with Crippen LogP contribution in [0.3, 0.4) is 0 Å². The number of fused-ring (bicyclic) bond motifs is 1. The van der Waals surface area contributed by atoms with E-state index in [4.69, 9.17) is 0 Å². The van der Waals surface area contributed by atoms with Gasteiger partial charge in [-0.3, -0.25) is 4.79 Å². The Morgan fingerprint density at radius 2 is 2.00 bits per heavy atom. The smallest absolute Gasteiger partial charge is 0.227 e. The summed E-state index contributed by atoms with van der Waals surface area (Å²) < 4.78 is 35.5. The van der Waals surface area contributed by atoms with Gasteiger partial charge in [-0.25, -0.2) is 12.8 Å². The summed E-state index contributed by atoms with van der Waals surface area (Å²) in [7, 11) is -1.20. The molecule has 0 radical (unpaired) electrons. The molecular weight excluding hydrogens is 295 g/mol. The summed E-state index contributed by atoms with van der Waals surface area (Å²) in [6, 6.07) is 4.33. The molecule has 21 heavy (non-hydrogen) atoms. The van der Waals surface area contributed by atoms with Crippen LogP contribution in [0.1, 0.15) is 12.8 Å². The van der Waals surface area contributed by atoms with Crippen molar-refractivity contribution in [3.05, 3.63) is 24.0 Å². The van der Waals surface area contributed by atoms with E-state index in [1.165, 1.54) is 12.1 Å². The summed E-state index contributed by atoms with van der Waals surface area (Å²) in [6.45, 7) is 1.14. The summed E-state index contributed by atoms with van der Waals surface area (Å²) in [5.74, 6) is -0.463. The van der Waals surface area contributed by atoms with E-state index in [2.05, 4.69) is 0 Å². The second-order valence-electron chi connectivity index (χ2n) is 5.33. The molecule has 0 fully saturated rings. The maximum absolute atomic E-state index is 13.3. The van der Waals surface area contributed by atoms with Gasteiger partial charge in [-0.1, -0.05) is 0 Å². The molecule has 0 atom stereocenters. The molecule has 0 unspecified atom stereocenters. The molecule has 0 saturated carbocycles. The van der Waals surface area contributed by atoms with Crippen LogP contribution in [-0.2, 0) is 14.6 Å². The zero-order valence-electron chi connectivity index (χ0n) is 12.2. The molecular formula is C14H19FN2O3S. The van der Waals surface area contributed by atoms with Crippen LogP contribution in [0.2, 0.25) is 0 Å². The zero-order valence-corrected chi connectivity index (χ0v) is 13.0. The third-order valence-corrected chi connectivity index (χ3v) is 4.54. The molecule has 7 heteroatoms. The lowest BCUT2D eigenvalue weighted by atomic mass is 10.1. The molecule has 0 aliphatic carbocycles. The third kappa shape index (κ3) is 3.93. The Bertz CT molecular complexity index is 646. The number of hydrogen-bond donors (Lipinski definition) is 0. The monoisotopic (exact) mass is 314 g/mol. The van der Waals surface area contributed by atoms with Crippen LogP contribution in [0.4, 0.5) is 15.8 Å². The summed E-state index contributed by atoms with van der Waals surface area (Å²) >= 11 is 0. The number of carbonyl (C=O) groups excluding carboxylic acids is 1. The Kier molecular flexibility index (Phi) is 4.51. The second-order valence-corrected chi connectivity index (χ2v) is 7.59. The number of nitrogens with zero attached hydrogens (tertiary/aromatic N) is 2. The predicted molar refractivity (Wildman–Crippen MR) is 81.0 cm³/mol. The Labute approximate surface area is 124 Å². The van der Waals surface area contributed by atoms with Gasteiger partial charge >= 0.3 is 0 Å². The molecule has 1 aromatic carbocycles. The number of hydrogen-bond acceptors (Lipinski definition) is 4. The fourth-order valence-corrected chi connectivity index (χ4v) is 3.07. The summed E-state index contributed by atoms with van der Waals surface area (Å²) in [5.41, 5.74) is 1.35. The van der Waals surface area contributed by atoms with Crippen molar-refractivity contribution in [1.82, 2.24) is 0 Å². The van der Waals surface area contributed by atoms with E-state index in [9.17, 15) is 17.6 Å². The van der Waals surface area contributed by atoms with Gasteiger partial charge in [-0.05, 0) is 24.6 Å². The lowest BCUT2D eigenvalue weighted by Gasteiger charge is -2.35. The fraction of sp³-hybridized carbons (Fsp3) is 0.500. The van der Waals surface area contributed by atoms with Gasteiger partial charge in [0.2, 0.25) is 5.91 Å². The van der Waals surface area contributed by atoms with Gasteiger partial charge in [-0.2, -0.15) is 0 Å². The highest BCUT2D eigenvalue weighted by Gasteiger charge is 2.25. The van der Waals surface area contributed by atoms with Crippen molar-refractivity contribution < 1.29 is 17.6 Å². The normalized spacial score (nSPS) is 15.0. The van der Waals surface area contributed by atoms with Gasteiger partial charge < -0.3 is 9.80 Å². The maximum atomic E-state index is 13.3. The molecule has 1 aliphatic heterocycles. The van der Waals surface area contributed by atoms with E-state index < -0.39 is 9.84 Å². The first kappa shape index (κ1) is 15.8. The molecule has 5 nitrogen and oxygen atoms in total. The maximum Gasteiger partial charge on any atom is 0.227 e. The van der Waals surface area contributed by atoms with E-state index in [1.54, 1.807) is 11.0 Å². The highest BCUT2D eigenvalue weighted by atomic mass is 32.2. The van der Waals surface area contributed by atoms with E-state index in [-0.39, 0.29) is 23.9 Å². The van der Waals surface area contributed by atoms with Crippen LogP contribution in [0, 0.1) is 5.82 Å². The van der Waals surface area contributed by atoms with Crippen LogP contribution >= 0.6 is 0 Å². The topological polar surface area (TPSA) is 57.7 Å². The van der Waals surface area contributed by atoms with Crippen LogP contribution in [0.5, 0.6) is 0 Å². The number of anilines is 2. The van der Waals surface area contributed by atoms with Crippen molar-refractivity contribution in [3.8, 4) is 0 Å². The molecule has 0 N–H and O–H groups in total. The van der Waals surface area contributed by atoms with Gasteiger partial charge in [0.25, 0.3) is 0 Å². The van der Waals surface area contributed by atoms with Crippen LogP contribution in [0.25, 0.3) is 0 Å². The first-order valence-electron chi connectivity index (χ1n) is 6.77. The first-order valence-corrected chi connectivity index (χ1v) is 8.83. The van der Waals surface area contributed by atoms with Gasteiger partial charge in [0.05, 0.1) is 17.1 Å². The molecule has 0 spiro atoms. The Balaban J connectivity index is 2.11. The Morgan fingerprint density at radius 1 is 1.29 bits per heavy atom. The molecule has 0 saturated heterocycles. The number of halogens is 1. The van der Waals surface area contributed by atoms with Crippen molar-refractivity contribution in [1.29, 1.82) is 0 Å². The number of rotatable bonds is 4. The van der Waals surface area contributed by atoms with Crippen molar-refractivity contribution >= 4 is 27.1 Å². The van der Waals surface area contributed by atoms with E-state index in [1.807, 2.05) is 11.9 Å². The van der Waals surface area contributed by atoms with Gasteiger partial charge in [0.1, 0.15) is 15.7 Å². The standard InChI is InChI=1S/C14H19FN2O3S/c1-16-7-8-17(12-6-5-11(15)10-13(12)16)14(18)4-3-9-21(2,19)20/h5-6,10H,3-4,7-9H2,1-2H3. The molecule has 0 bridgehead atoms. The van der Waals surface area contributed by atoms with Gasteiger partial charge in [0, 0.05) is 32.8 Å². The SMILES string of the molecule is CN1CCN(C(=O)CCCS(C)(=O)=O)c2ccc(F)cc21. The molecule has 1 amide bonds. The molecule has 116 valence electrons. The van der Waals surface area contributed by atoms with Crippen molar-refractivity contribution in [2.45, 2.75) is 12.8 Å². The molecule has 0 aromatic heterocycles. The lowest BCUT2D eigenvalue weighted by molar-refractivity contribution is -0.118. The zero-order chi connectivity index (χ0) is 15.6. The van der Waals surface area contributed by atoms with E-state index in [0.29, 0.717) is 30.9 Å². The number of sulfone groups is 1. The molecule has 1 heterocycles. The second kappa shape index (κ2) is 6.01.